The third-order valence-electron chi connectivity index (χ3n) is 4.48. The van der Waals surface area contributed by atoms with E-state index in [0.717, 1.165) is 5.46 Å². The Hall–Kier alpha value is -2.51. The van der Waals surface area contributed by atoms with Crippen LogP contribution in [0.4, 0.5) is 5.69 Å². The summed E-state index contributed by atoms with van der Waals surface area (Å²) >= 11 is 0. The van der Waals surface area contributed by atoms with E-state index in [0.29, 0.717) is 22.4 Å². The molecule has 1 aromatic carbocycles. The lowest BCUT2D eigenvalue weighted by Gasteiger charge is -2.38. The minimum Gasteiger partial charge on any atom is -0.398 e. The highest BCUT2D eigenvalue weighted by molar-refractivity contribution is 6.43. The molecular weight excluding hydrogens is 305 g/mol. The van der Waals surface area contributed by atoms with Crippen LogP contribution in [0.25, 0.3) is 10.9 Å². The Kier molecular flexibility index (Phi) is 3.58. The van der Waals surface area contributed by atoms with Gasteiger partial charge in [-0.25, -0.2) is 4.98 Å². The third-order valence-corrected chi connectivity index (χ3v) is 4.48. The van der Waals surface area contributed by atoms with E-state index in [-0.39, 0.29) is 17.9 Å². The van der Waals surface area contributed by atoms with Gasteiger partial charge >= 0.3 is 0 Å². The summed E-state index contributed by atoms with van der Waals surface area (Å²) in [4.78, 5) is 41.7. The zero-order valence-corrected chi connectivity index (χ0v) is 14.1. The zero-order valence-electron chi connectivity index (χ0n) is 14.1. The molecule has 1 fully saturated rings. The van der Waals surface area contributed by atoms with Crippen LogP contribution in [0.15, 0.2) is 16.9 Å². The van der Waals surface area contributed by atoms with Crippen LogP contribution in [-0.4, -0.2) is 44.9 Å². The molecule has 2 aromatic rings. The molecule has 0 bridgehead atoms. The predicted octanol–water partition coefficient (Wildman–Crippen LogP) is -3.48. The van der Waals surface area contributed by atoms with Crippen LogP contribution in [0.2, 0.25) is 5.21 Å². The number of anilines is 1. The molecule has 1 aliphatic heterocycles. The van der Waals surface area contributed by atoms with E-state index < -0.39 is 17.2 Å². The molecule has 24 heavy (non-hydrogen) atoms. The number of piperidine rings is 1. The van der Waals surface area contributed by atoms with Gasteiger partial charge in [0, 0.05) is 12.1 Å². The van der Waals surface area contributed by atoms with Crippen LogP contribution in [0, 0.1) is 6.92 Å². The fraction of sp³-hybridized carbons (Fsp3) is 0.286. The van der Waals surface area contributed by atoms with Crippen molar-refractivity contribution in [2.24, 2.45) is 0 Å². The first-order valence-corrected chi connectivity index (χ1v) is 7.74. The van der Waals surface area contributed by atoms with Crippen molar-refractivity contribution in [1.29, 1.82) is 0 Å². The summed E-state index contributed by atoms with van der Waals surface area (Å²) < 4.78 is 1.36. The van der Waals surface area contributed by atoms with Gasteiger partial charge in [0.1, 0.15) is 35.4 Å². The number of nitrogens with two attached hydrogens (primary N) is 1. The summed E-state index contributed by atoms with van der Waals surface area (Å²) in [6.45, 7) is 1.68. The van der Waals surface area contributed by atoms with Gasteiger partial charge in [-0.1, -0.05) is 5.46 Å². The van der Waals surface area contributed by atoms with Crippen molar-refractivity contribution >= 4 is 57.4 Å². The molecule has 3 rings (SSSR count). The van der Waals surface area contributed by atoms with E-state index in [1.165, 1.54) is 4.57 Å². The van der Waals surface area contributed by atoms with Crippen LogP contribution in [0.1, 0.15) is 18.3 Å². The summed E-state index contributed by atoms with van der Waals surface area (Å²) in [5, 5.41) is 1.91. The van der Waals surface area contributed by atoms with Gasteiger partial charge < -0.3 is 5.73 Å². The highest BCUT2D eigenvalue weighted by Gasteiger charge is 2.44. The number of carbonyl (C=O) groups excluding carboxylic acids is 2. The molecule has 10 heteroatoms. The number of benzene rings is 1. The molecule has 3 N–H and O–H groups in total. The molecule has 1 aromatic heterocycles. The van der Waals surface area contributed by atoms with Gasteiger partial charge in [0.25, 0.3) is 5.56 Å². The minimum atomic E-state index is -0.819. The van der Waals surface area contributed by atoms with Crippen molar-refractivity contribution in [1.82, 2.24) is 14.9 Å². The Bertz CT molecular complexity index is 954. The summed E-state index contributed by atoms with van der Waals surface area (Å²) in [5.74, 6) is -0.413. The molecule has 1 unspecified atom stereocenters. The zero-order chi connectivity index (χ0) is 17.8. The summed E-state index contributed by atoms with van der Waals surface area (Å²) in [6, 6.07) is 2.68. The number of nitrogens with one attached hydrogen (secondary N) is 1. The van der Waals surface area contributed by atoms with Crippen molar-refractivity contribution in [3.8, 4) is 0 Å². The quantitative estimate of drug-likeness (QED) is 0.322. The van der Waals surface area contributed by atoms with Gasteiger partial charge in [-0.2, -0.15) is 0 Å². The van der Waals surface area contributed by atoms with Crippen LogP contribution < -0.4 is 22.1 Å². The molecule has 0 aliphatic carbocycles. The lowest BCUT2D eigenvalue weighted by atomic mass is 9.47. The molecule has 0 spiro atoms. The number of nitrogens with zero attached hydrogens (tertiary/aromatic N) is 2. The number of carbonyl (C=O) groups is 2. The molecule has 1 atom stereocenters. The van der Waals surface area contributed by atoms with E-state index in [4.69, 9.17) is 5.73 Å². The molecule has 0 radical (unpaired) electrons. The normalized spacial score (nSPS) is 20.1. The Balaban J connectivity index is 2.33. The number of rotatable bonds is 1. The lowest BCUT2D eigenvalue weighted by molar-refractivity contribution is -0.136. The predicted molar refractivity (Wildman–Crippen MR) is 99.9 cm³/mol. The minimum absolute atomic E-state index is 0.150. The van der Waals surface area contributed by atoms with Crippen LogP contribution in [-0.2, 0) is 9.59 Å². The number of aryl methyl sites for hydroxylation is 1. The highest BCUT2D eigenvalue weighted by atomic mass is 16.2. The number of hydrogen-bond acceptors (Lipinski definition) is 5. The standard InChI is InChI=1S/C14H17B3N4O3/c1-5-19-8-3-6(15)2-7(18)10(8)13(24)21(5)11-12(23)20-9(22)4-14(11,16)17/h2-3,11H,4,15-18H2,1H3,(H,20,22,23). The largest absolute Gasteiger partial charge is 0.398 e. The maximum atomic E-state index is 13.1. The Morgan fingerprint density at radius 3 is 2.62 bits per heavy atom. The SMILES string of the molecule is Bc1cc(N)c2c(=O)n(C3C(=O)NC(=O)CC3(B)B)c(C)nc2c1. The highest BCUT2D eigenvalue weighted by Crippen LogP contribution is 2.38. The molecule has 1 saturated heterocycles. The van der Waals surface area contributed by atoms with Crippen molar-refractivity contribution in [3.63, 3.8) is 0 Å². The fourth-order valence-corrected chi connectivity index (χ4v) is 3.50. The Morgan fingerprint density at radius 1 is 1.33 bits per heavy atom. The van der Waals surface area contributed by atoms with Crippen molar-refractivity contribution in [3.05, 3.63) is 28.3 Å². The number of hydrogen-bond donors (Lipinski definition) is 2. The number of fused-ring (bicyclic) bond motifs is 1. The topological polar surface area (TPSA) is 107 Å². The second-order valence-corrected chi connectivity index (χ2v) is 7.06. The molecule has 1 aliphatic rings. The van der Waals surface area contributed by atoms with Gasteiger partial charge in [-0.3, -0.25) is 24.3 Å². The first kappa shape index (κ1) is 16.4. The molecular formula is C14H17B3N4O3. The Morgan fingerprint density at radius 2 is 2.00 bits per heavy atom. The van der Waals surface area contributed by atoms with E-state index in [1.807, 2.05) is 7.85 Å². The van der Waals surface area contributed by atoms with Gasteiger partial charge in [-0.15, -0.1) is 0 Å². The smallest absolute Gasteiger partial charge is 0.264 e. The molecule has 7 nitrogen and oxygen atoms in total. The molecule has 2 amide bonds. The van der Waals surface area contributed by atoms with Crippen LogP contribution in [0.3, 0.4) is 0 Å². The van der Waals surface area contributed by atoms with Crippen molar-refractivity contribution in [2.45, 2.75) is 24.6 Å². The number of nitrogen functional groups attached to an aromatic ring is 1. The van der Waals surface area contributed by atoms with Crippen molar-refractivity contribution < 1.29 is 9.59 Å². The molecule has 2 heterocycles. The van der Waals surface area contributed by atoms with Gasteiger partial charge in [0.15, 0.2) is 0 Å². The molecule has 0 saturated carbocycles. The van der Waals surface area contributed by atoms with E-state index in [9.17, 15) is 14.4 Å². The summed E-state index contributed by atoms with van der Waals surface area (Å²) in [7, 11) is 5.47. The maximum absolute atomic E-state index is 13.1. The number of aromatic nitrogens is 2. The van der Waals surface area contributed by atoms with Crippen LogP contribution >= 0.6 is 0 Å². The van der Waals surface area contributed by atoms with Gasteiger partial charge in [0.2, 0.25) is 11.8 Å². The second-order valence-electron chi connectivity index (χ2n) is 7.06. The number of imide groups is 1. The summed E-state index contributed by atoms with van der Waals surface area (Å²) in [5.41, 5.74) is 7.41. The summed E-state index contributed by atoms with van der Waals surface area (Å²) in [6.07, 6.45) is 0.150. The van der Waals surface area contributed by atoms with E-state index in [2.05, 4.69) is 10.3 Å². The monoisotopic (exact) mass is 322 g/mol. The Labute approximate surface area is 141 Å². The first-order valence-electron chi connectivity index (χ1n) is 7.74. The first-order chi connectivity index (χ1) is 11.1. The third kappa shape index (κ3) is 2.42. The maximum Gasteiger partial charge on any atom is 0.264 e. The van der Waals surface area contributed by atoms with E-state index >= 15 is 0 Å². The fourth-order valence-electron chi connectivity index (χ4n) is 3.50. The van der Waals surface area contributed by atoms with E-state index in [1.54, 1.807) is 34.7 Å². The average Bonchev–Trinajstić information content (AvgIpc) is 2.39. The van der Waals surface area contributed by atoms with Crippen molar-refractivity contribution in [2.75, 3.05) is 5.73 Å². The van der Waals surface area contributed by atoms with Gasteiger partial charge in [-0.05, 0) is 24.3 Å². The molecule has 120 valence electrons. The average molecular weight is 322 g/mol. The number of amides is 2. The van der Waals surface area contributed by atoms with Crippen LogP contribution in [0.5, 0.6) is 0 Å². The lowest BCUT2D eigenvalue weighted by Crippen LogP contribution is -2.52. The van der Waals surface area contributed by atoms with Gasteiger partial charge in [0.05, 0.1) is 10.9 Å². The second kappa shape index (κ2) is 5.26.